The highest BCUT2D eigenvalue weighted by atomic mass is 35.5. The number of anilines is 1. The molecule has 0 fully saturated rings. The highest BCUT2D eigenvalue weighted by molar-refractivity contribution is 5.85. The summed E-state index contributed by atoms with van der Waals surface area (Å²) in [4.78, 5) is 10.2. The molecule has 0 bridgehead atoms. The summed E-state index contributed by atoms with van der Waals surface area (Å²) >= 11 is 0. The van der Waals surface area contributed by atoms with E-state index in [2.05, 4.69) is 10.6 Å². The minimum Gasteiger partial charge on any atom is -0.460 e. The third-order valence-corrected chi connectivity index (χ3v) is 3.81. The van der Waals surface area contributed by atoms with Crippen LogP contribution in [0.2, 0.25) is 0 Å². The van der Waals surface area contributed by atoms with Crippen LogP contribution < -0.4 is 10.6 Å². The molecule has 2 aromatic carbocycles. The molecule has 6 nitrogen and oxygen atoms in total. The van der Waals surface area contributed by atoms with Crippen LogP contribution in [0.5, 0.6) is 0 Å². The van der Waals surface area contributed by atoms with Crippen molar-refractivity contribution in [2.45, 2.75) is 6.54 Å². The molecule has 3 rings (SSSR count). The summed E-state index contributed by atoms with van der Waals surface area (Å²) in [5.74, 6) is 0.913. The summed E-state index contributed by atoms with van der Waals surface area (Å²) in [5, 5.41) is 17.0. The molecule has 3 aromatic rings. The van der Waals surface area contributed by atoms with Crippen molar-refractivity contribution in [1.29, 1.82) is 0 Å². The van der Waals surface area contributed by atoms with Gasteiger partial charge in [0, 0.05) is 30.9 Å². The Hall–Kier alpha value is -2.90. The van der Waals surface area contributed by atoms with Gasteiger partial charge in [-0.1, -0.05) is 12.1 Å². The number of hydrogen-bond acceptors (Lipinski definition) is 5. The maximum atomic E-state index is 13.7. The van der Waals surface area contributed by atoms with Gasteiger partial charge in [-0.05, 0) is 36.4 Å². The van der Waals surface area contributed by atoms with E-state index >= 15 is 0 Å². The zero-order valence-corrected chi connectivity index (χ0v) is 15.2. The number of nitro groups is 1. The molecular formula is C19H19ClFN3O3. The van der Waals surface area contributed by atoms with Gasteiger partial charge in [-0.25, -0.2) is 4.39 Å². The third kappa shape index (κ3) is 5.54. The van der Waals surface area contributed by atoms with Crippen molar-refractivity contribution in [2.75, 3.05) is 18.4 Å². The fourth-order valence-corrected chi connectivity index (χ4v) is 2.49. The Labute approximate surface area is 162 Å². The first-order chi connectivity index (χ1) is 12.6. The van der Waals surface area contributed by atoms with E-state index in [-0.39, 0.29) is 23.9 Å². The van der Waals surface area contributed by atoms with Crippen LogP contribution in [0.25, 0.3) is 11.3 Å². The number of non-ortho nitro benzene ring substituents is 1. The van der Waals surface area contributed by atoms with Gasteiger partial charge in [0.05, 0.1) is 17.0 Å². The van der Waals surface area contributed by atoms with Crippen molar-refractivity contribution in [2.24, 2.45) is 0 Å². The molecule has 1 aromatic heterocycles. The van der Waals surface area contributed by atoms with Gasteiger partial charge in [0.2, 0.25) is 0 Å². The fourth-order valence-electron chi connectivity index (χ4n) is 2.49. The number of nitrogens with zero attached hydrogens (tertiary/aromatic N) is 1. The summed E-state index contributed by atoms with van der Waals surface area (Å²) in [6.45, 7) is 1.85. The third-order valence-electron chi connectivity index (χ3n) is 3.81. The van der Waals surface area contributed by atoms with Crippen LogP contribution in [0, 0.1) is 15.9 Å². The number of nitro benzene ring substituents is 1. The Morgan fingerprint density at radius 3 is 2.44 bits per heavy atom. The van der Waals surface area contributed by atoms with E-state index in [1.807, 2.05) is 6.07 Å². The lowest BCUT2D eigenvalue weighted by Gasteiger charge is -2.07. The second-order valence-corrected chi connectivity index (χ2v) is 5.65. The van der Waals surface area contributed by atoms with E-state index < -0.39 is 4.92 Å². The number of nitrogens with one attached hydrogen (secondary N) is 2. The molecule has 1 heterocycles. The molecule has 0 aliphatic rings. The Balaban J connectivity index is 0.00000261. The first kappa shape index (κ1) is 20.4. The van der Waals surface area contributed by atoms with Gasteiger partial charge >= 0.3 is 0 Å². The van der Waals surface area contributed by atoms with Gasteiger partial charge in [0.25, 0.3) is 5.69 Å². The molecule has 0 aliphatic heterocycles. The van der Waals surface area contributed by atoms with E-state index in [1.54, 1.807) is 36.4 Å². The molecule has 0 amide bonds. The summed E-state index contributed by atoms with van der Waals surface area (Å²) in [6.07, 6.45) is 0. The maximum Gasteiger partial charge on any atom is 0.269 e. The summed E-state index contributed by atoms with van der Waals surface area (Å²) in [6, 6.07) is 16.3. The molecule has 27 heavy (non-hydrogen) atoms. The van der Waals surface area contributed by atoms with E-state index in [1.165, 1.54) is 18.2 Å². The second-order valence-electron chi connectivity index (χ2n) is 5.65. The molecule has 142 valence electrons. The highest BCUT2D eigenvalue weighted by Gasteiger charge is 2.08. The van der Waals surface area contributed by atoms with Gasteiger partial charge in [-0.15, -0.1) is 12.4 Å². The monoisotopic (exact) mass is 391 g/mol. The van der Waals surface area contributed by atoms with Gasteiger partial charge in [-0.2, -0.15) is 0 Å². The molecule has 0 saturated heterocycles. The largest absolute Gasteiger partial charge is 0.460 e. The van der Waals surface area contributed by atoms with Crippen LogP contribution in [-0.4, -0.2) is 18.0 Å². The van der Waals surface area contributed by atoms with Gasteiger partial charge < -0.3 is 15.1 Å². The van der Waals surface area contributed by atoms with Crippen LogP contribution in [-0.2, 0) is 6.54 Å². The number of halogens is 2. The molecule has 0 saturated carbocycles. The zero-order chi connectivity index (χ0) is 18.4. The smallest absolute Gasteiger partial charge is 0.269 e. The normalized spacial score (nSPS) is 10.3. The predicted octanol–water partition coefficient (Wildman–Crippen LogP) is 4.62. The zero-order valence-electron chi connectivity index (χ0n) is 14.4. The second kappa shape index (κ2) is 9.70. The lowest BCUT2D eigenvalue weighted by molar-refractivity contribution is -0.384. The van der Waals surface area contributed by atoms with Crippen LogP contribution in [0.4, 0.5) is 15.8 Å². The topological polar surface area (TPSA) is 80.3 Å². The molecule has 0 radical (unpaired) electrons. The minimum atomic E-state index is -0.426. The summed E-state index contributed by atoms with van der Waals surface area (Å²) in [5.41, 5.74) is 1.33. The Morgan fingerprint density at radius 2 is 1.74 bits per heavy atom. The maximum absolute atomic E-state index is 13.7. The summed E-state index contributed by atoms with van der Waals surface area (Å²) < 4.78 is 19.4. The van der Waals surface area contributed by atoms with Gasteiger partial charge in [0.1, 0.15) is 17.3 Å². The number of rotatable bonds is 8. The quantitative estimate of drug-likeness (QED) is 0.333. The van der Waals surface area contributed by atoms with E-state index in [0.29, 0.717) is 31.0 Å². The molecular weight excluding hydrogens is 373 g/mol. The van der Waals surface area contributed by atoms with Crippen molar-refractivity contribution in [3.63, 3.8) is 0 Å². The molecule has 2 N–H and O–H groups in total. The Kier molecular flexibility index (Phi) is 7.34. The average Bonchev–Trinajstić information content (AvgIpc) is 3.11. The lowest BCUT2D eigenvalue weighted by Crippen LogP contribution is -2.21. The summed E-state index contributed by atoms with van der Waals surface area (Å²) in [7, 11) is 0. The van der Waals surface area contributed by atoms with Crippen molar-refractivity contribution in [1.82, 2.24) is 5.32 Å². The van der Waals surface area contributed by atoms with Gasteiger partial charge in [-0.3, -0.25) is 10.1 Å². The lowest BCUT2D eigenvalue weighted by atomic mass is 10.1. The molecule has 8 heteroatoms. The molecule has 0 atom stereocenters. The number of hydrogen-bond donors (Lipinski definition) is 2. The Bertz CT molecular complexity index is 884. The van der Waals surface area contributed by atoms with Crippen LogP contribution >= 0.6 is 12.4 Å². The first-order valence-corrected chi connectivity index (χ1v) is 8.16. The first-order valence-electron chi connectivity index (χ1n) is 8.16. The van der Waals surface area contributed by atoms with E-state index in [9.17, 15) is 14.5 Å². The standard InChI is InChI=1S/C19H18FN3O3.ClH/c20-18-4-2-1-3-17(18)19-10-9-16(26-19)13-21-11-12-22-14-5-7-15(8-6-14)23(24)25;/h1-10,21-22H,11-13H2;1H. The minimum absolute atomic E-state index is 0. The van der Waals surface area contributed by atoms with Crippen LogP contribution in [0.15, 0.2) is 65.1 Å². The van der Waals surface area contributed by atoms with Crippen molar-refractivity contribution < 1.29 is 13.7 Å². The molecule has 0 unspecified atom stereocenters. The van der Waals surface area contributed by atoms with Crippen molar-refractivity contribution in [3.8, 4) is 11.3 Å². The SMILES string of the molecule is Cl.O=[N+]([O-])c1ccc(NCCNCc2ccc(-c3ccccc3F)o2)cc1. The van der Waals surface area contributed by atoms with Crippen LogP contribution in [0.3, 0.4) is 0 Å². The van der Waals surface area contributed by atoms with E-state index in [0.717, 1.165) is 11.4 Å². The highest BCUT2D eigenvalue weighted by Crippen LogP contribution is 2.24. The predicted molar refractivity (Wildman–Crippen MR) is 105 cm³/mol. The van der Waals surface area contributed by atoms with Crippen molar-refractivity contribution in [3.05, 3.63) is 82.4 Å². The van der Waals surface area contributed by atoms with Gasteiger partial charge in [0.15, 0.2) is 0 Å². The number of furan rings is 1. The molecule has 0 spiro atoms. The van der Waals surface area contributed by atoms with E-state index in [4.69, 9.17) is 4.42 Å². The fraction of sp³-hybridized carbons (Fsp3) is 0.158. The number of benzene rings is 2. The Morgan fingerprint density at radius 1 is 1.00 bits per heavy atom. The van der Waals surface area contributed by atoms with Crippen LogP contribution in [0.1, 0.15) is 5.76 Å². The van der Waals surface area contributed by atoms with Crippen molar-refractivity contribution >= 4 is 23.8 Å². The molecule has 0 aliphatic carbocycles. The average molecular weight is 392 g/mol.